The molecular formula is C10H11IN4O. The zero-order chi connectivity index (χ0) is 11.9. The molecule has 0 fully saturated rings. The molecule has 0 saturated carbocycles. The molecule has 0 aliphatic rings. The fourth-order valence-electron chi connectivity index (χ4n) is 1.52. The van der Waals surface area contributed by atoms with Crippen LogP contribution in [0.3, 0.4) is 0 Å². The summed E-state index contributed by atoms with van der Waals surface area (Å²) in [6, 6.07) is 1.51. The molecule has 2 rings (SSSR count). The van der Waals surface area contributed by atoms with Gasteiger partial charge in [-0.3, -0.25) is 9.36 Å². The summed E-state index contributed by atoms with van der Waals surface area (Å²) in [5, 5.41) is 0. The number of rotatable bonds is 1. The summed E-state index contributed by atoms with van der Waals surface area (Å²) in [7, 11) is 1.68. The van der Waals surface area contributed by atoms with Crippen LogP contribution < -0.4 is 5.56 Å². The highest BCUT2D eigenvalue weighted by molar-refractivity contribution is 14.1. The number of hydrogen-bond acceptors (Lipinski definition) is 3. The second-order valence-corrected chi connectivity index (χ2v) is 4.59. The highest BCUT2D eigenvalue weighted by atomic mass is 127. The normalized spacial score (nSPS) is 10.8. The van der Waals surface area contributed by atoms with Crippen molar-refractivity contribution in [3.8, 4) is 5.82 Å². The maximum Gasteiger partial charge on any atom is 0.255 e. The Morgan fingerprint density at radius 1 is 1.38 bits per heavy atom. The quantitative estimate of drug-likeness (QED) is 0.738. The van der Waals surface area contributed by atoms with Crippen LogP contribution in [0.1, 0.15) is 11.5 Å². The zero-order valence-electron chi connectivity index (χ0n) is 9.23. The van der Waals surface area contributed by atoms with Crippen LogP contribution in [0.5, 0.6) is 0 Å². The van der Waals surface area contributed by atoms with E-state index in [1.54, 1.807) is 7.05 Å². The standard InChI is InChI=1S/C10H11IN4O/c1-6-10(11)13-7(2)15(6)8-4-9(16)14(3)5-12-8/h4-5H,1-3H3. The average Bonchev–Trinajstić information content (AvgIpc) is 2.47. The van der Waals surface area contributed by atoms with Crippen molar-refractivity contribution in [3.63, 3.8) is 0 Å². The molecule has 2 heterocycles. The maximum atomic E-state index is 11.5. The number of hydrogen-bond donors (Lipinski definition) is 0. The number of imidazole rings is 1. The second kappa shape index (κ2) is 4.00. The number of halogens is 1. The minimum atomic E-state index is -0.0764. The minimum absolute atomic E-state index is 0.0764. The summed E-state index contributed by atoms with van der Waals surface area (Å²) in [6.07, 6.45) is 1.52. The van der Waals surface area contributed by atoms with E-state index in [1.807, 2.05) is 18.4 Å². The van der Waals surface area contributed by atoms with Gasteiger partial charge in [-0.25, -0.2) is 9.97 Å². The van der Waals surface area contributed by atoms with Gasteiger partial charge >= 0.3 is 0 Å². The fraction of sp³-hybridized carbons (Fsp3) is 0.300. The van der Waals surface area contributed by atoms with E-state index < -0.39 is 0 Å². The Hall–Kier alpha value is -1.18. The van der Waals surface area contributed by atoms with E-state index in [-0.39, 0.29) is 5.56 Å². The van der Waals surface area contributed by atoms with Gasteiger partial charge in [0.25, 0.3) is 5.56 Å². The smallest absolute Gasteiger partial charge is 0.255 e. The van der Waals surface area contributed by atoms with E-state index in [4.69, 9.17) is 0 Å². The molecule has 2 aromatic heterocycles. The first-order valence-corrected chi connectivity index (χ1v) is 5.83. The van der Waals surface area contributed by atoms with Crippen LogP contribution in [0.15, 0.2) is 17.2 Å². The lowest BCUT2D eigenvalue weighted by Crippen LogP contribution is -2.18. The Kier molecular flexibility index (Phi) is 2.83. The topological polar surface area (TPSA) is 52.7 Å². The SMILES string of the molecule is Cc1nc(I)c(C)n1-c1cc(=O)n(C)cn1. The lowest BCUT2D eigenvalue weighted by molar-refractivity contribution is 0.794. The van der Waals surface area contributed by atoms with Gasteiger partial charge < -0.3 is 4.57 Å². The third kappa shape index (κ3) is 1.77. The largest absolute Gasteiger partial charge is 0.302 e. The van der Waals surface area contributed by atoms with Crippen LogP contribution >= 0.6 is 22.6 Å². The predicted molar refractivity (Wildman–Crippen MR) is 68.8 cm³/mol. The monoisotopic (exact) mass is 330 g/mol. The highest BCUT2D eigenvalue weighted by Crippen LogP contribution is 2.16. The number of aryl methyl sites for hydroxylation is 2. The van der Waals surface area contributed by atoms with Crippen LogP contribution in [-0.2, 0) is 7.05 Å². The van der Waals surface area contributed by atoms with Crippen LogP contribution in [0.25, 0.3) is 5.82 Å². The van der Waals surface area contributed by atoms with E-state index in [0.717, 1.165) is 15.2 Å². The molecule has 0 saturated heterocycles. The summed E-state index contributed by atoms with van der Waals surface area (Å²) in [5.41, 5.74) is 0.923. The first-order valence-electron chi connectivity index (χ1n) is 4.75. The molecule has 16 heavy (non-hydrogen) atoms. The molecule has 0 aromatic carbocycles. The van der Waals surface area contributed by atoms with Crippen LogP contribution in [-0.4, -0.2) is 19.1 Å². The van der Waals surface area contributed by atoms with E-state index in [9.17, 15) is 4.79 Å². The lowest BCUT2D eigenvalue weighted by Gasteiger charge is -2.06. The van der Waals surface area contributed by atoms with Crippen molar-refractivity contribution < 1.29 is 0 Å². The summed E-state index contributed by atoms with van der Waals surface area (Å²) in [6.45, 7) is 3.86. The number of aromatic nitrogens is 4. The van der Waals surface area contributed by atoms with Gasteiger partial charge in [0.2, 0.25) is 0 Å². The molecule has 0 unspecified atom stereocenters. The molecule has 0 N–H and O–H groups in total. The van der Waals surface area contributed by atoms with Crippen molar-refractivity contribution in [1.29, 1.82) is 0 Å². The summed E-state index contributed by atoms with van der Waals surface area (Å²) in [4.78, 5) is 20.1. The Morgan fingerprint density at radius 3 is 2.56 bits per heavy atom. The van der Waals surface area contributed by atoms with Gasteiger partial charge in [0.15, 0.2) is 0 Å². The first kappa shape index (κ1) is 11.3. The van der Waals surface area contributed by atoms with Gasteiger partial charge in [0.1, 0.15) is 15.3 Å². The summed E-state index contributed by atoms with van der Waals surface area (Å²) >= 11 is 2.17. The van der Waals surface area contributed by atoms with E-state index >= 15 is 0 Å². The van der Waals surface area contributed by atoms with Crippen LogP contribution in [0.4, 0.5) is 0 Å². The molecule has 0 aliphatic carbocycles. The lowest BCUT2D eigenvalue weighted by atomic mass is 10.4. The molecule has 5 nitrogen and oxygen atoms in total. The van der Waals surface area contributed by atoms with Crippen molar-refractivity contribution in [1.82, 2.24) is 19.1 Å². The second-order valence-electron chi connectivity index (χ2n) is 3.57. The van der Waals surface area contributed by atoms with E-state index in [1.165, 1.54) is 17.0 Å². The van der Waals surface area contributed by atoms with Gasteiger partial charge in [-0.2, -0.15) is 0 Å². The molecule has 6 heteroatoms. The molecule has 0 aliphatic heterocycles. The van der Waals surface area contributed by atoms with Crippen molar-refractivity contribution >= 4 is 22.6 Å². The third-order valence-corrected chi connectivity index (χ3v) is 3.43. The van der Waals surface area contributed by atoms with E-state index in [2.05, 4.69) is 32.6 Å². The summed E-state index contributed by atoms with van der Waals surface area (Å²) < 4.78 is 4.25. The van der Waals surface area contributed by atoms with Gasteiger partial charge in [-0.1, -0.05) is 0 Å². The van der Waals surface area contributed by atoms with Crippen molar-refractivity contribution in [2.75, 3.05) is 0 Å². The van der Waals surface area contributed by atoms with Crippen LogP contribution in [0, 0.1) is 17.5 Å². The molecule has 2 aromatic rings. The van der Waals surface area contributed by atoms with Crippen molar-refractivity contribution in [3.05, 3.63) is 38.0 Å². The molecule has 0 amide bonds. The maximum absolute atomic E-state index is 11.5. The van der Waals surface area contributed by atoms with Crippen molar-refractivity contribution in [2.45, 2.75) is 13.8 Å². The first-order chi connectivity index (χ1) is 7.50. The Labute approximate surface area is 106 Å². The van der Waals surface area contributed by atoms with Gasteiger partial charge in [-0.05, 0) is 36.4 Å². The Bertz CT molecular complexity index is 599. The minimum Gasteiger partial charge on any atom is -0.302 e. The molecule has 0 atom stereocenters. The molecule has 0 bridgehead atoms. The molecular weight excluding hydrogens is 319 g/mol. The molecule has 84 valence electrons. The van der Waals surface area contributed by atoms with Gasteiger partial charge in [-0.15, -0.1) is 0 Å². The molecule has 0 spiro atoms. The third-order valence-electron chi connectivity index (χ3n) is 2.41. The molecule has 0 radical (unpaired) electrons. The Balaban J connectivity index is 2.67. The fourth-order valence-corrected chi connectivity index (χ4v) is 2.11. The number of nitrogens with zero attached hydrogens (tertiary/aromatic N) is 4. The van der Waals surface area contributed by atoms with Crippen molar-refractivity contribution in [2.24, 2.45) is 7.05 Å². The highest BCUT2D eigenvalue weighted by Gasteiger charge is 2.11. The summed E-state index contributed by atoms with van der Waals surface area (Å²) in [5.74, 6) is 1.45. The zero-order valence-corrected chi connectivity index (χ0v) is 11.4. The van der Waals surface area contributed by atoms with Gasteiger partial charge in [0, 0.05) is 13.1 Å². The van der Waals surface area contributed by atoms with E-state index in [0.29, 0.717) is 5.82 Å². The Morgan fingerprint density at radius 2 is 2.06 bits per heavy atom. The predicted octanol–water partition coefficient (Wildman–Crippen LogP) is 1.19. The average molecular weight is 330 g/mol. The van der Waals surface area contributed by atoms with Crippen LogP contribution in [0.2, 0.25) is 0 Å². The van der Waals surface area contributed by atoms with Gasteiger partial charge in [0.05, 0.1) is 12.0 Å².